The van der Waals surface area contributed by atoms with Crippen molar-refractivity contribution >= 4 is 5.91 Å². The average Bonchev–Trinajstić information content (AvgIpc) is 3.01. The second kappa shape index (κ2) is 6.80. The van der Waals surface area contributed by atoms with Gasteiger partial charge in [-0.3, -0.25) is 10.2 Å². The molecule has 1 amide bonds. The Morgan fingerprint density at radius 1 is 1.04 bits per heavy atom. The topological polar surface area (TPSA) is 52.6 Å². The predicted molar refractivity (Wildman–Crippen MR) is 86.0 cm³/mol. The number of aliphatic hydroxyl groups is 1. The van der Waals surface area contributed by atoms with Crippen molar-refractivity contribution in [2.75, 3.05) is 0 Å². The molecule has 1 atom stereocenters. The number of rotatable bonds is 3. The monoisotopic (exact) mass is 366 g/mol. The van der Waals surface area contributed by atoms with Crippen LogP contribution in [0.5, 0.6) is 0 Å². The normalized spacial score (nSPS) is 19.6. The molecule has 2 N–H and O–H groups in total. The van der Waals surface area contributed by atoms with E-state index in [2.05, 4.69) is 0 Å². The number of hydrogen-bond acceptors (Lipinski definition) is 3. The molecule has 1 heterocycles. The Morgan fingerprint density at radius 2 is 1.62 bits per heavy atom. The molecule has 0 aliphatic carbocycles. The van der Waals surface area contributed by atoms with Crippen molar-refractivity contribution in [1.82, 2.24) is 10.4 Å². The highest BCUT2D eigenvalue weighted by Gasteiger charge is 2.53. The largest absolute Gasteiger partial charge is 0.364 e. The van der Waals surface area contributed by atoms with Crippen molar-refractivity contribution in [3.8, 4) is 11.1 Å². The van der Waals surface area contributed by atoms with Crippen LogP contribution in [0.1, 0.15) is 16.8 Å². The molecule has 1 unspecified atom stereocenters. The van der Waals surface area contributed by atoms with Crippen LogP contribution in [0.3, 0.4) is 0 Å². The first kappa shape index (κ1) is 17.9. The van der Waals surface area contributed by atoms with Crippen LogP contribution in [0, 0.1) is 0 Å². The molecular weight excluding hydrogens is 352 g/mol. The second-order valence-corrected chi connectivity index (χ2v) is 5.79. The number of carbonyl (C=O) groups excluding carboxylic acids is 1. The molecule has 0 radical (unpaired) electrons. The number of hydrazine groups is 1. The van der Waals surface area contributed by atoms with Crippen LogP contribution < -0.4 is 5.43 Å². The molecule has 1 aliphatic rings. The fraction of sp³-hybridized carbons (Fsp3) is 0.167. The molecular formula is C18H14F4N2O2. The van der Waals surface area contributed by atoms with Gasteiger partial charge in [-0.05, 0) is 23.3 Å². The Kier molecular flexibility index (Phi) is 4.69. The van der Waals surface area contributed by atoms with Crippen LogP contribution in [0.25, 0.3) is 11.1 Å². The third kappa shape index (κ3) is 3.15. The Labute approximate surface area is 146 Å². The summed E-state index contributed by atoms with van der Waals surface area (Å²) in [6, 6.07) is 15.2. The van der Waals surface area contributed by atoms with Gasteiger partial charge in [0.05, 0.1) is 6.42 Å². The predicted octanol–water partition coefficient (Wildman–Crippen LogP) is 3.77. The molecule has 0 aromatic heterocycles. The zero-order chi connectivity index (χ0) is 18.9. The van der Waals surface area contributed by atoms with Crippen LogP contribution in [0.2, 0.25) is 0 Å². The minimum Gasteiger partial charge on any atom is -0.364 e. The number of hydrogen-bond donors (Lipinski definition) is 2. The number of halogens is 4. The van der Waals surface area contributed by atoms with E-state index in [9.17, 15) is 27.5 Å². The molecule has 0 spiro atoms. The van der Waals surface area contributed by atoms with Crippen LogP contribution in [-0.2, 0) is 0 Å². The van der Waals surface area contributed by atoms with Crippen molar-refractivity contribution < 1.29 is 27.5 Å². The number of benzene rings is 2. The smallest absolute Gasteiger partial charge is 0.291 e. The maximum Gasteiger partial charge on any atom is 0.291 e. The van der Waals surface area contributed by atoms with Crippen molar-refractivity contribution in [2.45, 2.75) is 18.6 Å². The maximum absolute atomic E-state index is 13.2. The second-order valence-electron chi connectivity index (χ2n) is 5.79. The van der Waals surface area contributed by atoms with Crippen LogP contribution in [-0.4, -0.2) is 28.2 Å². The van der Waals surface area contributed by atoms with Gasteiger partial charge in [0, 0.05) is 5.56 Å². The first-order valence-electron chi connectivity index (χ1n) is 7.64. The summed E-state index contributed by atoms with van der Waals surface area (Å²) < 4.78 is 51.9. The van der Waals surface area contributed by atoms with Gasteiger partial charge in [0.1, 0.15) is 5.70 Å². The molecule has 2 aromatic carbocycles. The summed E-state index contributed by atoms with van der Waals surface area (Å²) in [6.07, 6.45) is -6.78. The van der Waals surface area contributed by atoms with Gasteiger partial charge in [-0.2, -0.15) is 8.78 Å². The van der Waals surface area contributed by atoms with Gasteiger partial charge in [0.15, 0.2) is 0 Å². The first-order chi connectivity index (χ1) is 12.3. The SMILES string of the molecule is O=C(c1ccc(-c2ccccc2)cc1)N1NC(=C(F)F)CC1(O)C(F)F. The van der Waals surface area contributed by atoms with E-state index < -0.39 is 36.3 Å². The molecule has 3 rings (SSSR count). The zero-order valence-electron chi connectivity index (χ0n) is 13.3. The summed E-state index contributed by atoms with van der Waals surface area (Å²) in [4.78, 5) is 12.5. The lowest BCUT2D eigenvalue weighted by Crippen LogP contribution is -2.55. The Balaban J connectivity index is 1.89. The summed E-state index contributed by atoms with van der Waals surface area (Å²) in [6.45, 7) is 0. The summed E-state index contributed by atoms with van der Waals surface area (Å²) in [5.74, 6) is -1.04. The van der Waals surface area contributed by atoms with Gasteiger partial charge in [-0.25, -0.2) is 13.8 Å². The Hall–Kier alpha value is -2.87. The molecule has 8 heteroatoms. The average molecular weight is 366 g/mol. The van der Waals surface area contributed by atoms with Crippen LogP contribution in [0.15, 0.2) is 66.4 Å². The van der Waals surface area contributed by atoms with E-state index >= 15 is 0 Å². The molecule has 0 saturated carbocycles. The Bertz CT molecular complexity index is 836. The number of nitrogens with zero attached hydrogens (tertiary/aromatic N) is 1. The summed E-state index contributed by atoms with van der Waals surface area (Å²) >= 11 is 0. The first-order valence-corrected chi connectivity index (χ1v) is 7.64. The van der Waals surface area contributed by atoms with Crippen molar-refractivity contribution in [3.63, 3.8) is 0 Å². The van der Waals surface area contributed by atoms with E-state index in [4.69, 9.17) is 0 Å². The molecule has 26 heavy (non-hydrogen) atoms. The molecule has 1 saturated heterocycles. The van der Waals surface area contributed by atoms with Gasteiger partial charge in [0.25, 0.3) is 18.4 Å². The fourth-order valence-electron chi connectivity index (χ4n) is 2.69. The van der Waals surface area contributed by atoms with Crippen molar-refractivity contribution in [1.29, 1.82) is 0 Å². The molecule has 0 bridgehead atoms. The maximum atomic E-state index is 13.2. The van der Waals surface area contributed by atoms with Gasteiger partial charge in [-0.15, -0.1) is 0 Å². The van der Waals surface area contributed by atoms with E-state index in [-0.39, 0.29) is 10.6 Å². The molecule has 1 fully saturated rings. The Morgan fingerprint density at radius 3 is 2.15 bits per heavy atom. The highest BCUT2D eigenvalue weighted by molar-refractivity contribution is 5.95. The summed E-state index contributed by atoms with van der Waals surface area (Å²) in [7, 11) is 0. The van der Waals surface area contributed by atoms with E-state index in [1.807, 2.05) is 35.8 Å². The lowest BCUT2D eigenvalue weighted by molar-refractivity contribution is -0.168. The van der Waals surface area contributed by atoms with E-state index in [1.54, 1.807) is 12.1 Å². The summed E-state index contributed by atoms with van der Waals surface area (Å²) in [5.41, 5.74) is -0.426. The minimum absolute atomic E-state index is 0.0308. The zero-order valence-corrected chi connectivity index (χ0v) is 13.3. The van der Waals surface area contributed by atoms with E-state index in [0.29, 0.717) is 0 Å². The fourth-order valence-corrected chi connectivity index (χ4v) is 2.69. The highest BCUT2D eigenvalue weighted by Crippen LogP contribution is 2.35. The van der Waals surface area contributed by atoms with Gasteiger partial charge >= 0.3 is 0 Å². The quantitative estimate of drug-likeness (QED) is 0.814. The molecule has 4 nitrogen and oxygen atoms in total. The number of nitrogens with one attached hydrogen (secondary N) is 1. The molecule has 1 aliphatic heterocycles. The number of alkyl halides is 2. The summed E-state index contributed by atoms with van der Waals surface area (Å²) in [5, 5.41) is 10.2. The standard InChI is InChI=1S/C18H14F4N2O2/c19-15(20)14-10-18(26,17(21)22)24(23-14)16(25)13-8-6-12(7-9-13)11-4-2-1-3-5-11/h1-9,17,23,26H,10H2. The van der Waals surface area contributed by atoms with Gasteiger partial charge in [0.2, 0.25) is 5.72 Å². The van der Waals surface area contributed by atoms with Crippen LogP contribution in [0.4, 0.5) is 17.6 Å². The van der Waals surface area contributed by atoms with E-state index in [1.165, 1.54) is 12.1 Å². The van der Waals surface area contributed by atoms with E-state index in [0.717, 1.165) is 11.1 Å². The van der Waals surface area contributed by atoms with Crippen molar-refractivity contribution in [2.24, 2.45) is 0 Å². The van der Waals surface area contributed by atoms with Crippen molar-refractivity contribution in [3.05, 3.63) is 71.9 Å². The van der Waals surface area contributed by atoms with Gasteiger partial charge in [-0.1, -0.05) is 42.5 Å². The number of amides is 1. The lowest BCUT2D eigenvalue weighted by atomic mass is 10.0. The molecule has 136 valence electrons. The number of carbonyl (C=O) groups is 1. The third-order valence-corrected chi connectivity index (χ3v) is 4.09. The minimum atomic E-state index is -3.43. The van der Waals surface area contributed by atoms with Gasteiger partial charge < -0.3 is 5.11 Å². The lowest BCUT2D eigenvalue weighted by Gasteiger charge is -2.31. The highest BCUT2D eigenvalue weighted by atomic mass is 19.3. The third-order valence-electron chi connectivity index (χ3n) is 4.09. The molecule has 2 aromatic rings. The van der Waals surface area contributed by atoms with Crippen LogP contribution >= 0.6 is 0 Å².